The predicted molar refractivity (Wildman–Crippen MR) is 57.7 cm³/mol. The monoisotopic (exact) mass is 184 g/mol. The van der Waals surface area contributed by atoms with Crippen molar-refractivity contribution in [1.29, 1.82) is 0 Å². The molecule has 0 saturated heterocycles. The zero-order chi connectivity index (χ0) is 9.52. The molecule has 2 atom stereocenters. The van der Waals surface area contributed by atoms with Gasteiger partial charge in [-0.2, -0.15) is 0 Å². The van der Waals surface area contributed by atoms with Crippen LogP contribution in [-0.2, 0) is 0 Å². The fourth-order valence-electron chi connectivity index (χ4n) is 2.35. The van der Waals surface area contributed by atoms with Crippen LogP contribution in [0.5, 0.6) is 0 Å². The quantitative estimate of drug-likeness (QED) is 0.619. The Balaban J connectivity index is 2.06. The van der Waals surface area contributed by atoms with E-state index in [0.717, 1.165) is 24.9 Å². The molecular formula is C11H24N2. The highest BCUT2D eigenvalue weighted by atomic mass is 14.9. The molecule has 2 heteroatoms. The summed E-state index contributed by atoms with van der Waals surface area (Å²) in [5.41, 5.74) is 5.45. The summed E-state index contributed by atoms with van der Waals surface area (Å²) < 4.78 is 0. The molecule has 1 aliphatic carbocycles. The van der Waals surface area contributed by atoms with Crippen molar-refractivity contribution in [2.75, 3.05) is 13.1 Å². The van der Waals surface area contributed by atoms with Crippen LogP contribution in [0.25, 0.3) is 0 Å². The Labute approximate surface area is 82.3 Å². The maximum atomic E-state index is 5.45. The first-order chi connectivity index (χ1) is 6.38. The van der Waals surface area contributed by atoms with Gasteiger partial charge in [-0.25, -0.2) is 0 Å². The van der Waals surface area contributed by atoms with Crippen LogP contribution in [0, 0.1) is 5.92 Å². The van der Waals surface area contributed by atoms with Crippen molar-refractivity contribution >= 4 is 0 Å². The van der Waals surface area contributed by atoms with Crippen molar-refractivity contribution in [1.82, 2.24) is 5.32 Å². The van der Waals surface area contributed by atoms with E-state index in [1.165, 1.54) is 38.6 Å². The van der Waals surface area contributed by atoms with E-state index in [0.29, 0.717) is 0 Å². The molecule has 1 aliphatic rings. The van der Waals surface area contributed by atoms with Gasteiger partial charge in [0.05, 0.1) is 0 Å². The highest BCUT2D eigenvalue weighted by molar-refractivity contribution is 4.81. The zero-order valence-electron chi connectivity index (χ0n) is 8.89. The van der Waals surface area contributed by atoms with Crippen molar-refractivity contribution in [3.63, 3.8) is 0 Å². The van der Waals surface area contributed by atoms with Crippen molar-refractivity contribution in [3.05, 3.63) is 0 Å². The van der Waals surface area contributed by atoms with E-state index in [2.05, 4.69) is 12.2 Å². The summed E-state index contributed by atoms with van der Waals surface area (Å²) in [6.07, 6.45) is 7.99. The third-order valence-corrected chi connectivity index (χ3v) is 3.22. The Bertz CT molecular complexity index is 125. The van der Waals surface area contributed by atoms with E-state index in [1.54, 1.807) is 0 Å². The van der Waals surface area contributed by atoms with Gasteiger partial charge < -0.3 is 11.1 Å². The first-order valence-electron chi connectivity index (χ1n) is 5.82. The summed E-state index contributed by atoms with van der Waals surface area (Å²) in [5.74, 6) is 0.942. The van der Waals surface area contributed by atoms with Gasteiger partial charge in [0, 0.05) is 6.04 Å². The van der Waals surface area contributed by atoms with Crippen LogP contribution < -0.4 is 11.1 Å². The largest absolute Gasteiger partial charge is 0.330 e. The molecule has 3 N–H and O–H groups in total. The lowest BCUT2D eigenvalue weighted by Crippen LogP contribution is -2.33. The SMILES string of the molecule is CCC1CCCC1NCCCCN. The Morgan fingerprint density at radius 2 is 2.15 bits per heavy atom. The van der Waals surface area contributed by atoms with Gasteiger partial charge in [0.1, 0.15) is 0 Å². The third kappa shape index (κ3) is 3.65. The van der Waals surface area contributed by atoms with E-state index < -0.39 is 0 Å². The van der Waals surface area contributed by atoms with E-state index in [9.17, 15) is 0 Å². The van der Waals surface area contributed by atoms with Crippen LogP contribution in [-0.4, -0.2) is 19.1 Å². The van der Waals surface area contributed by atoms with Gasteiger partial charge in [0.15, 0.2) is 0 Å². The minimum Gasteiger partial charge on any atom is -0.330 e. The molecule has 1 saturated carbocycles. The molecular weight excluding hydrogens is 160 g/mol. The average molecular weight is 184 g/mol. The van der Waals surface area contributed by atoms with Crippen LogP contribution in [0.2, 0.25) is 0 Å². The van der Waals surface area contributed by atoms with Crippen LogP contribution in [0.3, 0.4) is 0 Å². The summed E-state index contributed by atoms with van der Waals surface area (Å²) in [5, 5.41) is 3.66. The smallest absolute Gasteiger partial charge is 0.00952 e. The highest BCUT2D eigenvalue weighted by Crippen LogP contribution is 2.27. The molecule has 0 radical (unpaired) electrons. The Kier molecular flexibility index (Phi) is 5.40. The van der Waals surface area contributed by atoms with Crippen LogP contribution in [0.1, 0.15) is 45.4 Å². The Hall–Kier alpha value is -0.0800. The Morgan fingerprint density at radius 3 is 2.85 bits per heavy atom. The molecule has 2 nitrogen and oxygen atoms in total. The lowest BCUT2D eigenvalue weighted by atomic mass is 10.0. The average Bonchev–Trinajstić information content (AvgIpc) is 2.60. The second kappa shape index (κ2) is 6.39. The number of unbranched alkanes of at least 4 members (excludes halogenated alkanes) is 1. The lowest BCUT2D eigenvalue weighted by Gasteiger charge is -2.19. The maximum Gasteiger partial charge on any atom is 0.00952 e. The minimum absolute atomic E-state index is 0.808. The molecule has 0 spiro atoms. The Morgan fingerprint density at radius 1 is 1.31 bits per heavy atom. The second-order valence-corrected chi connectivity index (χ2v) is 4.16. The molecule has 13 heavy (non-hydrogen) atoms. The van der Waals surface area contributed by atoms with E-state index in [1.807, 2.05) is 0 Å². The zero-order valence-corrected chi connectivity index (χ0v) is 8.89. The highest BCUT2D eigenvalue weighted by Gasteiger charge is 2.24. The van der Waals surface area contributed by atoms with Gasteiger partial charge in [0.25, 0.3) is 0 Å². The summed E-state index contributed by atoms with van der Waals surface area (Å²) in [6.45, 7) is 4.31. The predicted octanol–water partition coefficient (Wildman–Crippen LogP) is 1.89. The van der Waals surface area contributed by atoms with Gasteiger partial charge in [0.2, 0.25) is 0 Å². The first kappa shape index (κ1) is 11.0. The molecule has 1 rings (SSSR count). The first-order valence-corrected chi connectivity index (χ1v) is 5.82. The molecule has 0 bridgehead atoms. The van der Waals surface area contributed by atoms with Crippen LogP contribution in [0.4, 0.5) is 0 Å². The minimum atomic E-state index is 0.808. The van der Waals surface area contributed by atoms with Crippen molar-refractivity contribution in [2.24, 2.45) is 11.7 Å². The summed E-state index contributed by atoms with van der Waals surface area (Å²) >= 11 is 0. The molecule has 0 aromatic carbocycles. The van der Waals surface area contributed by atoms with E-state index in [4.69, 9.17) is 5.73 Å². The van der Waals surface area contributed by atoms with Crippen molar-refractivity contribution < 1.29 is 0 Å². The van der Waals surface area contributed by atoms with Gasteiger partial charge in [-0.1, -0.05) is 19.8 Å². The van der Waals surface area contributed by atoms with Gasteiger partial charge >= 0.3 is 0 Å². The lowest BCUT2D eigenvalue weighted by molar-refractivity contribution is 0.388. The topological polar surface area (TPSA) is 38.0 Å². The molecule has 2 unspecified atom stereocenters. The number of nitrogens with two attached hydrogens (primary N) is 1. The number of rotatable bonds is 6. The van der Waals surface area contributed by atoms with Gasteiger partial charge in [-0.15, -0.1) is 0 Å². The number of nitrogens with one attached hydrogen (secondary N) is 1. The molecule has 1 fully saturated rings. The molecule has 0 aliphatic heterocycles. The molecule has 0 aromatic heterocycles. The normalized spacial score (nSPS) is 28.2. The standard InChI is InChI=1S/C11H24N2/c1-2-10-6-5-7-11(10)13-9-4-3-8-12/h10-11,13H,2-9,12H2,1H3. The van der Waals surface area contributed by atoms with Crippen molar-refractivity contribution in [3.8, 4) is 0 Å². The maximum absolute atomic E-state index is 5.45. The number of hydrogen-bond donors (Lipinski definition) is 2. The van der Waals surface area contributed by atoms with Crippen LogP contribution in [0.15, 0.2) is 0 Å². The van der Waals surface area contributed by atoms with E-state index >= 15 is 0 Å². The van der Waals surface area contributed by atoms with E-state index in [-0.39, 0.29) is 0 Å². The van der Waals surface area contributed by atoms with Gasteiger partial charge in [-0.3, -0.25) is 0 Å². The molecule has 78 valence electrons. The molecule has 0 heterocycles. The summed E-state index contributed by atoms with van der Waals surface area (Å²) in [4.78, 5) is 0. The summed E-state index contributed by atoms with van der Waals surface area (Å²) in [6, 6.07) is 0.808. The summed E-state index contributed by atoms with van der Waals surface area (Å²) in [7, 11) is 0. The fourth-order valence-corrected chi connectivity index (χ4v) is 2.35. The fraction of sp³-hybridized carbons (Fsp3) is 1.00. The molecule has 0 aromatic rings. The number of hydrogen-bond acceptors (Lipinski definition) is 2. The van der Waals surface area contributed by atoms with Crippen molar-refractivity contribution in [2.45, 2.75) is 51.5 Å². The molecule has 0 amide bonds. The van der Waals surface area contributed by atoms with Gasteiger partial charge in [-0.05, 0) is 44.7 Å². The second-order valence-electron chi connectivity index (χ2n) is 4.16. The third-order valence-electron chi connectivity index (χ3n) is 3.22. The van der Waals surface area contributed by atoms with Crippen LogP contribution >= 0.6 is 0 Å².